The topological polar surface area (TPSA) is 50.7 Å². The summed E-state index contributed by atoms with van der Waals surface area (Å²) in [6.45, 7) is 1.85. The van der Waals surface area contributed by atoms with Crippen LogP contribution in [0.15, 0.2) is 27.6 Å². The summed E-state index contributed by atoms with van der Waals surface area (Å²) in [6, 6.07) is 2.03. The van der Waals surface area contributed by atoms with Gasteiger partial charge in [0.25, 0.3) is 5.56 Å². The Labute approximate surface area is 114 Å². The summed E-state index contributed by atoms with van der Waals surface area (Å²) in [7, 11) is 0. The molecule has 0 bridgehead atoms. The lowest BCUT2D eigenvalue weighted by Crippen LogP contribution is -2.16. The lowest BCUT2D eigenvalue weighted by molar-refractivity contribution is -0.137. The van der Waals surface area contributed by atoms with Crippen molar-refractivity contribution in [3.05, 3.63) is 44.4 Å². The van der Waals surface area contributed by atoms with Gasteiger partial charge in [-0.15, -0.1) is 0 Å². The Hall–Kier alpha value is -1.57. The summed E-state index contributed by atoms with van der Waals surface area (Å²) in [5.74, 6) is 0.110. The molecule has 0 spiro atoms. The molecule has 4 nitrogen and oxygen atoms in total. The van der Waals surface area contributed by atoms with Crippen molar-refractivity contribution in [3.63, 3.8) is 0 Å². The molecule has 0 radical (unpaired) electrons. The minimum absolute atomic E-state index is 0.110. The van der Waals surface area contributed by atoms with Crippen LogP contribution in [0, 0.1) is 0 Å². The van der Waals surface area contributed by atoms with Crippen molar-refractivity contribution in [1.82, 2.24) is 14.8 Å². The smallest absolute Gasteiger partial charge is 0.292 e. The lowest BCUT2D eigenvalue weighted by Gasteiger charge is -2.06. The maximum Gasteiger partial charge on any atom is 0.417 e. The van der Waals surface area contributed by atoms with E-state index in [0.29, 0.717) is 22.8 Å². The van der Waals surface area contributed by atoms with Gasteiger partial charge in [-0.2, -0.15) is 13.2 Å². The number of alkyl halides is 3. The Morgan fingerprint density at radius 1 is 1.42 bits per heavy atom. The van der Waals surface area contributed by atoms with Crippen LogP contribution >= 0.6 is 15.9 Å². The number of aryl methyl sites for hydroxylation is 1. The average molecular weight is 336 g/mol. The minimum Gasteiger partial charge on any atom is -0.292 e. The first kappa shape index (κ1) is 13.9. The SMILES string of the molecule is CCc1[nH]n(-c2ccc(C(F)(F)F)cn2)c(=O)c1Br. The molecule has 2 aromatic heterocycles. The number of nitrogens with zero attached hydrogens (tertiary/aromatic N) is 2. The predicted molar refractivity (Wildman–Crippen MR) is 66.3 cm³/mol. The molecule has 0 fully saturated rings. The quantitative estimate of drug-likeness (QED) is 0.917. The van der Waals surface area contributed by atoms with Crippen molar-refractivity contribution in [3.8, 4) is 5.82 Å². The van der Waals surface area contributed by atoms with Crippen molar-refractivity contribution < 1.29 is 13.2 Å². The molecule has 1 N–H and O–H groups in total. The van der Waals surface area contributed by atoms with E-state index < -0.39 is 11.7 Å². The predicted octanol–water partition coefficient (Wildman–Crippen LogP) is 2.90. The van der Waals surface area contributed by atoms with Gasteiger partial charge in [0, 0.05) is 6.20 Å². The lowest BCUT2D eigenvalue weighted by atomic mass is 10.3. The van der Waals surface area contributed by atoms with E-state index in [1.54, 1.807) is 0 Å². The normalized spacial score (nSPS) is 11.8. The van der Waals surface area contributed by atoms with Crippen molar-refractivity contribution in [1.29, 1.82) is 0 Å². The third-order valence-electron chi connectivity index (χ3n) is 2.56. The molecular formula is C11H9BrF3N3O. The third-order valence-corrected chi connectivity index (χ3v) is 3.38. The summed E-state index contributed by atoms with van der Waals surface area (Å²) in [4.78, 5) is 15.5. The van der Waals surface area contributed by atoms with Gasteiger partial charge in [0.05, 0.1) is 11.3 Å². The Kier molecular flexibility index (Phi) is 3.53. The van der Waals surface area contributed by atoms with Gasteiger partial charge in [-0.3, -0.25) is 9.89 Å². The van der Waals surface area contributed by atoms with E-state index in [9.17, 15) is 18.0 Å². The second-order valence-corrected chi connectivity index (χ2v) is 4.59. The number of aromatic nitrogens is 3. The maximum atomic E-state index is 12.4. The molecule has 19 heavy (non-hydrogen) atoms. The molecule has 8 heteroatoms. The molecule has 0 aromatic carbocycles. The second-order valence-electron chi connectivity index (χ2n) is 3.80. The molecule has 0 aliphatic rings. The van der Waals surface area contributed by atoms with E-state index >= 15 is 0 Å². The first-order valence-electron chi connectivity index (χ1n) is 5.37. The van der Waals surface area contributed by atoms with Crippen LogP contribution in [0.25, 0.3) is 5.82 Å². The summed E-state index contributed by atoms with van der Waals surface area (Å²) in [5, 5.41) is 2.79. The second kappa shape index (κ2) is 4.84. The van der Waals surface area contributed by atoms with Crippen LogP contribution in [-0.2, 0) is 12.6 Å². The molecule has 0 unspecified atom stereocenters. The fourth-order valence-corrected chi connectivity index (χ4v) is 2.09. The molecule has 2 rings (SSSR count). The number of aromatic amines is 1. The molecule has 0 amide bonds. The zero-order valence-electron chi connectivity index (χ0n) is 9.75. The molecule has 0 aliphatic heterocycles. The summed E-state index contributed by atoms with van der Waals surface area (Å²) in [5.41, 5.74) is -0.582. The Morgan fingerprint density at radius 3 is 2.53 bits per heavy atom. The standard InChI is InChI=1S/C11H9BrF3N3O/c1-2-7-9(12)10(19)18(17-7)8-4-3-6(5-16-8)11(13,14)15/h3-5,17H,2H2,1H3. The number of halogens is 4. The Morgan fingerprint density at radius 2 is 2.11 bits per heavy atom. The summed E-state index contributed by atoms with van der Waals surface area (Å²) in [6.07, 6.45) is -3.16. The van der Waals surface area contributed by atoms with Crippen molar-refractivity contribution in [2.75, 3.05) is 0 Å². The Bertz CT molecular complexity index is 643. The van der Waals surface area contributed by atoms with Crippen LogP contribution in [-0.4, -0.2) is 14.8 Å². The maximum absolute atomic E-state index is 12.4. The van der Waals surface area contributed by atoms with Gasteiger partial charge >= 0.3 is 6.18 Å². The minimum atomic E-state index is -4.44. The first-order valence-corrected chi connectivity index (χ1v) is 6.17. The zero-order valence-corrected chi connectivity index (χ0v) is 11.3. The van der Waals surface area contributed by atoms with Gasteiger partial charge in [0.1, 0.15) is 4.47 Å². The van der Waals surface area contributed by atoms with E-state index in [1.807, 2.05) is 6.92 Å². The van der Waals surface area contributed by atoms with Gasteiger partial charge in [-0.1, -0.05) is 6.92 Å². The van der Waals surface area contributed by atoms with Crippen molar-refractivity contribution in [2.45, 2.75) is 19.5 Å². The van der Waals surface area contributed by atoms with Crippen LogP contribution < -0.4 is 5.56 Å². The number of hydrogen-bond acceptors (Lipinski definition) is 2. The van der Waals surface area contributed by atoms with Gasteiger partial charge in [0.2, 0.25) is 0 Å². The molecule has 2 aromatic rings. The first-order chi connectivity index (χ1) is 8.84. The molecule has 0 saturated carbocycles. The van der Waals surface area contributed by atoms with Crippen LogP contribution in [0.2, 0.25) is 0 Å². The molecule has 0 aliphatic carbocycles. The number of pyridine rings is 1. The number of hydrogen-bond donors (Lipinski definition) is 1. The number of nitrogens with one attached hydrogen (secondary N) is 1. The fourth-order valence-electron chi connectivity index (χ4n) is 1.54. The molecule has 0 saturated heterocycles. The van der Waals surface area contributed by atoms with Crippen LogP contribution in [0.3, 0.4) is 0 Å². The molecule has 2 heterocycles. The van der Waals surface area contributed by atoms with Gasteiger partial charge in [0.15, 0.2) is 5.82 Å². The van der Waals surface area contributed by atoms with E-state index in [0.717, 1.165) is 16.8 Å². The highest BCUT2D eigenvalue weighted by Gasteiger charge is 2.30. The van der Waals surface area contributed by atoms with Crippen LogP contribution in [0.4, 0.5) is 13.2 Å². The van der Waals surface area contributed by atoms with E-state index in [2.05, 4.69) is 26.0 Å². The van der Waals surface area contributed by atoms with Gasteiger partial charge in [-0.05, 0) is 34.5 Å². The van der Waals surface area contributed by atoms with Crippen molar-refractivity contribution >= 4 is 15.9 Å². The van der Waals surface area contributed by atoms with E-state index in [1.165, 1.54) is 0 Å². The molecule has 102 valence electrons. The molecular weight excluding hydrogens is 327 g/mol. The number of rotatable bonds is 2. The molecule has 0 atom stereocenters. The van der Waals surface area contributed by atoms with Gasteiger partial charge in [-0.25, -0.2) is 9.67 Å². The van der Waals surface area contributed by atoms with E-state index in [4.69, 9.17) is 0 Å². The highest BCUT2D eigenvalue weighted by atomic mass is 79.9. The van der Waals surface area contributed by atoms with Crippen LogP contribution in [0.1, 0.15) is 18.2 Å². The largest absolute Gasteiger partial charge is 0.417 e. The van der Waals surface area contributed by atoms with Crippen molar-refractivity contribution in [2.24, 2.45) is 0 Å². The monoisotopic (exact) mass is 335 g/mol. The fraction of sp³-hybridized carbons (Fsp3) is 0.273. The average Bonchev–Trinajstić information content (AvgIpc) is 2.65. The third kappa shape index (κ3) is 2.58. The highest BCUT2D eigenvalue weighted by Crippen LogP contribution is 2.28. The highest BCUT2D eigenvalue weighted by molar-refractivity contribution is 9.10. The summed E-state index contributed by atoms with van der Waals surface area (Å²) < 4.78 is 38.7. The van der Waals surface area contributed by atoms with Gasteiger partial charge < -0.3 is 0 Å². The zero-order chi connectivity index (χ0) is 14.2. The van der Waals surface area contributed by atoms with Crippen LogP contribution in [0.5, 0.6) is 0 Å². The van der Waals surface area contributed by atoms with E-state index in [-0.39, 0.29) is 11.4 Å². The number of H-pyrrole nitrogens is 1. The summed E-state index contributed by atoms with van der Waals surface area (Å²) >= 11 is 3.13. The Balaban J connectivity index is 2.46.